The van der Waals surface area contributed by atoms with Crippen molar-refractivity contribution in [3.05, 3.63) is 35.5 Å². The summed E-state index contributed by atoms with van der Waals surface area (Å²) >= 11 is 0. The summed E-state index contributed by atoms with van der Waals surface area (Å²) in [7, 11) is 0. The van der Waals surface area contributed by atoms with Crippen LogP contribution in [-0.4, -0.2) is 23.4 Å². The van der Waals surface area contributed by atoms with Gasteiger partial charge in [-0.05, 0) is 19.9 Å². The van der Waals surface area contributed by atoms with Gasteiger partial charge in [-0.15, -0.1) is 0 Å². The van der Waals surface area contributed by atoms with E-state index >= 15 is 0 Å². The number of benzene rings is 1. The summed E-state index contributed by atoms with van der Waals surface area (Å²) in [6, 6.07) is 4.78. The fourth-order valence-corrected chi connectivity index (χ4v) is 2.26. The predicted octanol–water partition coefficient (Wildman–Crippen LogP) is 4.22. The van der Waals surface area contributed by atoms with Gasteiger partial charge in [0, 0.05) is 17.5 Å². The minimum Gasteiger partial charge on any atom is -0.490 e. The molecule has 0 amide bonds. The Balaban J connectivity index is 2.13. The number of halogens is 2. The molecule has 1 unspecified atom stereocenters. The van der Waals surface area contributed by atoms with Crippen LogP contribution in [0.25, 0.3) is 0 Å². The highest BCUT2D eigenvalue weighted by atomic mass is 19.3. The highest BCUT2D eigenvalue weighted by molar-refractivity contribution is 5.46. The summed E-state index contributed by atoms with van der Waals surface area (Å²) in [5.74, 6) is 1.37. The van der Waals surface area contributed by atoms with Crippen molar-refractivity contribution in [2.45, 2.75) is 59.2 Å². The lowest BCUT2D eigenvalue weighted by Gasteiger charge is -2.17. The van der Waals surface area contributed by atoms with E-state index in [0.717, 1.165) is 0 Å². The summed E-state index contributed by atoms with van der Waals surface area (Å²) in [6.45, 7) is 7.31. The van der Waals surface area contributed by atoms with E-state index in [1.54, 1.807) is 25.1 Å². The van der Waals surface area contributed by atoms with E-state index in [-0.39, 0.29) is 29.5 Å². The third-order valence-corrected chi connectivity index (χ3v) is 3.65. The topological polar surface area (TPSA) is 69.4 Å². The van der Waals surface area contributed by atoms with Crippen LogP contribution in [0.15, 0.2) is 22.7 Å². The van der Waals surface area contributed by atoms with E-state index in [1.165, 1.54) is 0 Å². The molecule has 0 saturated heterocycles. The molecule has 0 aliphatic heterocycles. The minimum atomic E-state index is -2.93. The van der Waals surface area contributed by atoms with Gasteiger partial charge in [0.25, 0.3) is 0 Å². The second kappa shape index (κ2) is 8.44. The quantitative estimate of drug-likeness (QED) is 0.751. The standard InChI is InChI=1S/C18H25F2N3O3/c1-6-24-13-9-7-8-12(14(13)25-17(19)20)10-21-11(2)15-22-16(23-26-15)18(3,4)5/h7-9,11,17,21H,6,10H2,1-5H3. The van der Waals surface area contributed by atoms with Gasteiger partial charge >= 0.3 is 6.61 Å². The molecule has 144 valence electrons. The van der Waals surface area contributed by atoms with Crippen LogP contribution in [0.1, 0.15) is 57.9 Å². The molecule has 26 heavy (non-hydrogen) atoms. The van der Waals surface area contributed by atoms with E-state index in [0.29, 0.717) is 23.9 Å². The molecule has 0 fully saturated rings. The van der Waals surface area contributed by atoms with Crippen molar-refractivity contribution in [3.63, 3.8) is 0 Å². The average Bonchev–Trinajstić information content (AvgIpc) is 3.05. The highest BCUT2D eigenvalue weighted by Gasteiger charge is 2.23. The van der Waals surface area contributed by atoms with Crippen molar-refractivity contribution in [1.82, 2.24) is 15.5 Å². The van der Waals surface area contributed by atoms with E-state index in [1.807, 2.05) is 27.7 Å². The molecule has 0 saturated carbocycles. The SMILES string of the molecule is CCOc1cccc(CNC(C)c2nc(C(C)(C)C)no2)c1OC(F)F. The number of para-hydroxylation sites is 1. The molecule has 1 aromatic heterocycles. The molecule has 2 rings (SSSR count). The molecule has 0 spiro atoms. The van der Waals surface area contributed by atoms with Crippen molar-refractivity contribution in [1.29, 1.82) is 0 Å². The van der Waals surface area contributed by atoms with Crippen LogP contribution in [0.5, 0.6) is 11.5 Å². The molecule has 1 atom stereocenters. The van der Waals surface area contributed by atoms with E-state index < -0.39 is 6.61 Å². The number of aromatic nitrogens is 2. The molecule has 0 bridgehead atoms. The Morgan fingerprint density at radius 1 is 1.27 bits per heavy atom. The largest absolute Gasteiger partial charge is 0.490 e. The van der Waals surface area contributed by atoms with Gasteiger partial charge in [0.05, 0.1) is 12.6 Å². The van der Waals surface area contributed by atoms with Crippen molar-refractivity contribution >= 4 is 0 Å². The second-order valence-corrected chi connectivity index (χ2v) is 6.86. The Bertz CT molecular complexity index is 714. The third-order valence-electron chi connectivity index (χ3n) is 3.65. The maximum Gasteiger partial charge on any atom is 0.387 e. The number of hydrogen-bond acceptors (Lipinski definition) is 6. The highest BCUT2D eigenvalue weighted by Crippen LogP contribution is 2.33. The first kappa shape index (κ1) is 20.1. The van der Waals surface area contributed by atoms with Gasteiger partial charge in [0.1, 0.15) is 0 Å². The van der Waals surface area contributed by atoms with Crippen LogP contribution in [-0.2, 0) is 12.0 Å². The zero-order valence-corrected chi connectivity index (χ0v) is 15.7. The van der Waals surface area contributed by atoms with E-state index in [2.05, 4.69) is 20.2 Å². The summed E-state index contributed by atoms with van der Waals surface area (Å²) in [6.07, 6.45) is 0. The smallest absolute Gasteiger partial charge is 0.387 e. The van der Waals surface area contributed by atoms with Crippen LogP contribution < -0.4 is 14.8 Å². The van der Waals surface area contributed by atoms with Crippen molar-refractivity contribution in [2.75, 3.05) is 6.61 Å². The molecular weight excluding hydrogens is 344 g/mol. The van der Waals surface area contributed by atoms with Crippen LogP contribution >= 0.6 is 0 Å². The predicted molar refractivity (Wildman–Crippen MR) is 92.5 cm³/mol. The Morgan fingerprint density at radius 2 is 2.00 bits per heavy atom. The molecule has 0 aliphatic carbocycles. The van der Waals surface area contributed by atoms with Crippen LogP contribution in [0.2, 0.25) is 0 Å². The van der Waals surface area contributed by atoms with E-state index in [4.69, 9.17) is 9.26 Å². The monoisotopic (exact) mass is 369 g/mol. The van der Waals surface area contributed by atoms with Gasteiger partial charge in [-0.2, -0.15) is 13.8 Å². The molecule has 1 heterocycles. The minimum absolute atomic E-state index is 0.0324. The summed E-state index contributed by atoms with van der Waals surface area (Å²) < 4.78 is 40.9. The average molecular weight is 369 g/mol. The molecular formula is C18H25F2N3O3. The summed E-state index contributed by atoms with van der Waals surface area (Å²) in [4.78, 5) is 4.40. The number of hydrogen-bond donors (Lipinski definition) is 1. The molecule has 1 N–H and O–H groups in total. The van der Waals surface area contributed by atoms with Crippen molar-refractivity contribution in [3.8, 4) is 11.5 Å². The first-order chi connectivity index (χ1) is 12.2. The Hall–Kier alpha value is -2.22. The van der Waals surface area contributed by atoms with Gasteiger partial charge in [-0.25, -0.2) is 0 Å². The van der Waals surface area contributed by atoms with Crippen molar-refractivity contribution in [2.24, 2.45) is 0 Å². The maximum absolute atomic E-state index is 12.8. The van der Waals surface area contributed by atoms with Gasteiger partial charge in [0.2, 0.25) is 5.89 Å². The molecule has 0 radical (unpaired) electrons. The molecule has 6 nitrogen and oxygen atoms in total. The van der Waals surface area contributed by atoms with Gasteiger partial charge < -0.3 is 19.3 Å². The Labute approximate surface area is 151 Å². The summed E-state index contributed by atoms with van der Waals surface area (Å²) in [5, 5.41) is 7.18. The van der Waals surface area contributed by atoms with Crippen LogP contribution in [0, 0.1) is 0 Å². The number of nitrogens with one attached hydrogen (secondary N) is 1. The molecule has 1 aromatic carbocycles. The lowest BCUT2D eigenvalue weighted by atomic mass is 9.96. The second-order valence-electron chi connectivity index (χ2n) is 6.86. The van der Waals surface area contributed by atoms with Gasteiger partial charge in [-0.3, -0.25) is 0 Å². The number of nitrogens with zero attached hydrogens (tertiary/aromatic N) is 2. The molecule has 8 heteroatoms. The van der Waals surface area contributed by atoms with Crippen LogP contribution in [0.3, 0.4) is 0 Å². The first-order valence-electron chi connectivity index (χ1n) is 8.49. The Morgan fingerprint density at radius 3 is 2.58 bits per heavy atom. The summed E-state index contributed by atoms with van der Waals surface area (Å²) in [5.41, 5.74) is 0.338. The van der Waals surface area contributed by atoms with Crippen molar-refractivity contribution < 1.29 is 22.8 Å². The number of alkyl halides is 2. The fraction of sp³-hybridized carbons (Fsp3) is 0.556. The third kappa shape index (κ3) is 5.14. The zero-order chi connectivity index (χ0) is 19.3. The Kier molecular flexibility index (Phi) is 6.52. The number of rotatable bonds is 8. The fourth-order valence-electron chi connectivity index (χ4n) is 2.26. The zero-order valence-electron chi connectivity index (χ0n) is 15.7. The lowest BCUT2D eigenvalue weighted by Crippen LogP contribution is -2.20. The normalized spacial score (nSPS) is 13.1. The van der Waals surface area contributed by atoms with Gasteiger partial charge in [0.15, 0.2) is 17.3 Å². The van der Waals surface area contributed by atoms with E-state index in [9.17, 15) is 8.78 Å². The van der Waals surface area contributed by atoms with Crippen LogP contribution in [0.4, 0.5) is 8.78 Å². The molecule has 0 aliphatic rings. The number of ether oxygens (including phenoxy) is 2. The first-order valence-corrected chi connectivity index (χ1v) is 8.49. The molecule has 2 aromatic rings. The lowest BCUT2D eigenvalue weighted by molar-refractivity contribution is -0.0521. The van der Waals surface area contributed by atoms with Gasteiger partial charge in [-0.1, -0.05) is 38.1 Å². The maximum atomic E-state index is 12.8.